The molecule has 1 saturated carbocycles. The molecule has 1 aliphatic heterocycles. The van der Waals surface area contributed by atoms with E-state index in [-0.39, 0.29) is 5.69 Å². The van der Waals surface area contributed by atoms with Crippen molar-refractivity contribution >= 4 is 11.6 Å². The molecule has 0 atom stereocenters. The van der Waals surface area contributed by atoms with Crippen LogP contribution in [-0.2, 0) is 0 Å². The first-order chi connectivity index (χ1) is 8.08. The number of nitrogens with zero attached hydrogens (tertiary/aromatic N) is 4. The van der Waals surface area contributed by atoms with E-state index in [1.807, 2.05) is 4.90 Å². The summed E-state index contributed by atoms with van der Waals surface area (Å²) in [5.74, 6) is 0.859. The summed E-state index contributed by atoms with van der Waals surface area (Å²) < 4.78 is 0. The molecule has 3 rings (SSSR count). The zero-order valence-corrected chi connectivity index (χ0v) is 9.11. The van der Waals surface area contributed by atoms with Gasteiger partial charge in [-0.3, -0.25) is 10.1 Å². The van der Waals surface area contributed by atoms with Crippen LogP contribution in [0.5, 0.6) is 0 Å². The Morgan fingerprint density at radius 3 is 2.47 bits per heavy atom. The van der Waals surface area contributed by atoms with Gasteiger partial charge in [0.25, 0.3) is 0 Å². The highest BCUT2D eigenvalue weighted by Crippen LogP contribution is 2.45. The van der Waals surface area contributed by atoms with E-state index in [1.165, 1.54) is 12.4 Å². The summed E-state index contributed by atoms with van der Waals surface area (Å²) in [7, 11) is 0. The van der Waals surface area contributed by atoms with Gasteiger partial charge in [-0.1, -0.05) is 0 Å². The first-order valence-corrected chi connectivity index (χ1v) is 5.52. The molecule has 90 valence electrons. The summed E-state index contributed by atoms with van der Waals surface area (Å²) >= 11 is 0. The van der Waals surface area contributed by atoms with Gasteiger partial charge in [-0.2, -0.15) is 0 Å². The lowest BCUT2D eigenvalue weighted by molar-refractivity contribution is -0.385. The number of nitro groups is 1. The molecule has 0 unspecified atom stereocenters. The lowest BCUT2D eigenvalue weighted by atomic mass is 9.89. The molecule has 17 heavy (non-hydrogen) atoms. The second kappa shape index (κ2) is 3.36. The number of anilines is 1. The Kier molecular flexibility index (Phi) is 2.06. The molecule has 1 N–H and O–H groups in total. The molecule has 0 bridgehead atoms. The van der Waals surface area contributed by atoms with E-state index in [4.69, 9.17) is 0 Å². The van der Waals surface area contributed by atoms with E-state index in [9.17, 15) is 15.2 Å². The van der Waals surface area contributed by atoms with Crippen LogP contribution in [0.15, 0.2) is 12.4 Å². The molecular formula is C10H12N4O3. The van der Waals surface area contributed by atoms with E-state index in [0.29, 0.717) is 25.0 Å². The topological polar surface area (TPSA) is 92.4 Å². The van der Waals surface area contributed by atoms with Crippen molar-refractivity contribution in [3.05, 3.63) is 22.5 Å². The molecular weight excluding hydrogens is 224 g/mol. The maximum Gasteiger partial charge on any atom is 0.305 e. The van der Waals surface area contributed by atoms with Gasteiger partial charge in [0.05, 0.1) is 18.0 Å². The smallest absolute Gasteiger partial charge is 0.305 e. The molecule has 2 aliphatic rings. The van der Waals surface area contributed by atoms with Gasteiger partial charge in [-0.25, -0.2) is 9.97 Å². The van der Waals surface area contributed by atoms with Crippen molar-refractivity contribution in [3.8, 4) is 0 Å². The van der Waals surface area contributed by atoms with Crippen LogP contribution < -0.4 is 4.90 Å². The van der Waals surface area contributed by atoms with Crippen LogP contribution in [0.3, 0.4) is 0 Å². The Bertz CT molecular complexity index is 451. The van der Waals surface area contributed by atoms with Crippen molar-refractivity contribution in [3.63, 3.8) is 0 Å². The minimum absolute atomic E-state index is 0.119. The van der Waals surface area contributed by atoms with Gasteiger partial charge in [-0.15, -0.1) is 0 Å². The van der Waals surface area contributed by atoms with Gasteiger partial charge in [-0.05, 0) is 18.8 Å². The van der Waals surface area contributed by atoms with Crippen molar-refractivity contribution < 1.29 is 10.0 Å². The second-order valence-electron chi connectivity index (χ2n) is 4.73. The van der Waals surface area contributed by atoms with Gasteiger partial charge in [0.2, 0.25) is 5.95 Å². The number of β-amino-alcohol motifs (C(OH)–C–C–N with tert-alkyl or cyclic N) is 1. The quantitative estimate of drug-likeness (QED) is 0.601. The first kappa shape index (κ1) is 10.4. The largest absolute Gasteiger partial charge is 0.386 e. The van der Waals surface area contributed by atoms with Crippen molar-refractivity contribution in [1.29, 1.82) is 0 Å². The van der Waals surface area contributed by atoms with Gasteiger partial charge in [0.1, 0.15) is 18.0 Å². The molecule has 2 fully saturated rings. The van der Waals surface area contributed by atoms with Gasteiger partial charge in [0.15, 0.2) is 0 Å². The average Bonchev–Trinajstić information content (AvgIpc) is 3.09. The zero-order chi connectivity index (χ0) is 12.0. The van der Waals surface area contributed by atoms with Gasteiger partial charge in [0, 0.05) is 0 Å². The monoisotopic (exact) mass is 236 g/mol. The molecule has 0 spiro atoms. The molecule has 1 aromatic rings. The molecule has 0 radical (unpaired) electrons. The minimum atomic E-state index is -0.592. The van der Waals surface area contributed by atoms with Crippen LogP contribution in [0.1, 0.15) is 12.8 Å². The Balaban J connectivity index is 1.68. The van der Waals surface area contributed by atoms with Crippen LogP contribution in [0.25, 0.3) is 0 Å². The number of aliphatic hydroxyl groups is 1. The third-order valence-electron chi connectivity index (χ3n) is 3.38. The predicted molar refractivity (Wildman–Crippen MR) is 58.6 cm³/mol. The highest BCUT2D eigenvalue weighted by Gasteiger charge is 2.52. The normalized spacial score (nSPS) is 22.1. The molecule has 1 aromatic heterocycles. The first-order valence-electron chi connectivity index (χ1n) is 5.52. The lowest BCUT2D eigenvalue weighted by Gasteiger charge is -2.46. The molecule has 2 heterocycles. The van der Waals surface area contributed by atoms with Gasteiger partial charge >= 0.3 is 5.69 Å². The van der Waals surface area contributed by atoms with E-state index < -0.39 is 10.5 Å². The average molecular weight is 236 g/mol. The van der Waals surface area contributed by atoms with Crippen molar-refractivity contribution in [1.82, 2.24) is 9.97 Å². The third kappa shape index (κ3) is 1.72. The van der Waals surface area contributed by atoms with Crippen LogP contribution in [0, 0.1) is 16.0 Å². The zero-order valence-electron chi connectivity index (χ0n) is 9.11. The molecule has 7 nitrogen and oxygen atoms in total. The predicted octanol–water partition coefficient (Wildman–Crippen LogP) is 0.346. The summed E-state index contributed by atoms with van der Waals surface area (Å²) in [5.41, 5.74) is -0.711. The Hall–Kier alpha value is -1.76. The van der Waals surface area contributed by atoms with Crippen LogP contribution in [0.4, 0.5) is 11.6 Å². The standard InChI is InChI=1S/C10H12N4O3/c15-10(7-1-2-7)5-13(6-10)9-11-3-8(4-12-9)14(16)17/h3-4,7,15H,1-2,5-6H2. The molecule has 1 aliphatic carbocycles. The van der Waals surface area contributed by atoms with E-state index in [0.717, 1.165) is 12.8 Å². The second-order valence-corrected chi connectivity index (χ2v) is 4.73. The highest BCUT2D eigenvalue weighted by atomic mass is 16.6. The van der Waals surface area contributed by atoms with Crippen molar-refractivity contribution in [2.75, 3.05) is 18.0 Å². The van der Waals surface area contributed by atoms with Gasteiger partial charge < -0.3 is 10.0 Å². The number of aromatic nitrogens is 2. The number of rotatable bonds is 3. The summed E-state index contributed by atoms with van der Waals surface area (Å²) in [5, 5.41) is 20.6. The Morgan fingerprint density at radius 2 is 2.00 bits per heavy atom. The fourth-order valence-electron chi connectivity index (χ4n) is 2.21. The minimum Gasteiger partial charge on any atom is -0.386 e. The SMILES string of the molecule is O=[N+]([O-])c1cnc(N2CC(O)(C3CC3)C2)nc1. The summed E-state index contributed by atoms with van der Waals surface area (Å²) in [6.45, 7) is 1.05. The fourth-order valence-corrected chi connectivity index (χ4v) is 2.21. The van der Waals surface area contributed by atoms with Crippen molar-refractivity contribution in [2.45, 2.75) is 18.4 Å². The summed E-state index contributed by atoms with van der Waals surface area (Å²) in [4.78, 5) is 19.6. The lowest BCUT2D eigenvalue weighted by Crippen LogP contribution is -2.63. The third-order valence-corrected chi connectivity index (χ3v) is 3.38. The number of hydrogen-bond acceptors (Lipinski definition) is 6. The van der Waals surface area contributed by atoms with E-state index in [2.05, 4.69) is 9.97 Å². The Morgan fingerprint density at radius 1 is 1.41 bits per heavy atom. The van der Waals surface area contributed by atoms with Crippen LogP contribution >= 0.6 is 0 Å². The molecule has 7 heteroatoms. The maximum atomic E-state index is 10.4. The molecule has 1 saturated heterocycles. The highest BCUT2D eigenvalue weighted by molar-refractivity contribution is 5.40. The number of hydrogen-bond donors (Lipinski definition) is 1. The molecule has 0 aromatic carbocycles. The van der Waals surface area contributed by atoms with Crippen LogP contribution in [0.2, 0.25) is 0 Å². The van der Waals surface area contributed by atoms with Crippen molar-refractivity contribution in [2.24, 2.45) is 5.92 Å². The summed E-state index contributed by atoms with van der Waals surface area (Å²) in [6, 6.07) is 0. The van der Waals surface area contributed by atoms with E-state index >= 15 is 0 Å². The summed E-state index contributed by atoms with van der Waals surface area (Å²) in [6.07, 6.45) is 4.56. The Labute approximate surface area is 97.3 Å². The fraction of sp³-hybridized carbons (Fsp3) is 0.600. The van der Waals surface area contributed by atoms with E-state index in [1.54, 1.807) is 0 Å². The maximum absolute atomic E-state index is 10.4. The van der Waals surface area contributed by atoms with Crippen LogP contribution in [-0.4, -0.2) is 38.7 Å². The molecule has 0 amide bonds.